The maximum atomic E-state index is 12.2. The first-order valence-electron chi connectivity index (χ1n) is 10.7. The fourth-order valence-corrected chi connectivity index (χ4v) is 7.09. The Bertz CT molecular complexity index is 745. The van der Waals surface area contributed by atoms with Crippen LogP contribution in [0.1, 0.15) is 47.0 Å². The fraction of sp³-hybridized carbons (Fsp3) is 0.864. The summed E-state index contributed by atoms with van der Waals surface area (Å²) in [5.74, 6) is 0.612. The van der Waals surface area contributed by atoms with Crippen LogP contribution in [-0.4, -0.2) is 60.4 Å². The maximum Gasteiger partial charge on any atom is 0.334 e. The monoisotopic (exact) mass is 392 g/mol. The van der Waals surface area contributed by atoms with Gasteiger partial charge in [0.25, 0.3) is 0 Å². The summed E-state index contributed by atoms with van der Waals surface area (Å²) in [5, 5.41) is 11.5. The van der Waals surface area contributed by atoms with E-state index in [0.717, 1.165) is 24.0 Å². The first kappa shape index (κ1) is 19.0. The van der Waals surface area contributed by atoms with Gasteiger partial charge in [-0.25, -0.2) is 4.79 Å². The summed E-state index contributed by atoms with van der Waals surface area (Å²) in [5.41, 5.74) is -0.230. The zero-order valence-electron chi connectivity index (χ0n) is 17.5. The molecule has 2 aliphatic carbocycles. The molecule has 2 saturated heterocycles. The summed E-state index contributed by atoms with van der Waals surface area (Å²) in [4.78, 5) is 12.2. The number of hydrogen-bond donors (Lipinski definition) is 1. The van der Waals surface area contributed by atoms with E-state index < -0.39 is 22.9 Å². The summed E-state index contributed by atoms with van der Waals surface area (Å²) in [6.07, 6.45) is 1.74. The lowest BCUT2D eigenvalue weighted by Crippen LogP contribution is -2.74. The van der Waals surface area contributed by atoms with Crippen LogP contribution in [0.25, 0.3) is 0 Å². The molecule has 1 N–H and O–H groups in total. The molecule has 6 nitrogen and oxygen atoms in total. The van der Waals surface area contributed by atoms with Crippen molar-refractivity contribution in [3.05, 3.63) is 11.1 Å². The molecule has 3 aliphatic heterocycles. The molecule has 0 radical (unpaired) electrons. The number of fused-ring (bicyclic) bond motifs is 2. The first-order valence-corrected chi connectivity index (χ1v) is 10.7. The molecule has 5 aliphatic rings. The Morgan fingerprint density at radius 3 is 2.75 bits per heavy atom. The number of cyclic esters (lactones) is 1. The van der Waals surface area contributed by atoms with Gasteiger partial charge < -0.3 is 24.1 Å². The number of carbonyl (C=O) groups is 1. The predicted molar refractivity (Wildman–Crippen MR) is 101 cm³/mol. The van der Waals surface area contributed by atoms with Crippen molar-refractivity contribution in [3.63, 3.8) is 0 Å². The molecule has 0 bridgehead atoms. The van der Waals surface area contributed by atoms with Crippen molar-refractivity contribution in [1.82, 2.24) is 0 Å². The Morgan fingerprint density at radius 1 is 1.32 bits per heavy atom. The lowest BCUT2D eigenvalue weighted by Gasteiger charge is -2.58. The molecule has 0 aromatic carbocycles. The van der Waals surface area contributed by atoms with Crippen LogP contribution in [-0.2, 0) is 23.7 Å². The molecule has 1 spiro atoms. The zero-order chi connectivity index (χ0) is 20.1. The van der Waals surface area contributed by atoms with Gasteiger partial charge in [-0.2, -0.15) is 0 Å². The van der Waals surface area contributed by atoms with E-state index in [9.17, 15) is 9.90 Å². The Morgan fingerprint density at radius 2 is 2.07 bits per heavy atom. The Balaban J connectivity index is 1.60. The highest BCUT2D eigenvalue weighted by molar-refractivity contribution is 5.92. The quantitative estimate of drug-likeness (QED) is 0.574. The van der Waals surface area contributed by atoms with Gasteiger partial charge in [0.05, 0.1) is 18.3 Å². The van der Waals surface area contributed by atoms with Crippen molar-refractivity contribution >= 4 is 5.97 Å². The van der Waals surface area contributed by atoms with Gasteiger partial charge in [0.2, 0.25) is 0 Å². The standard InChI is InChI=1S/C22H32O6/c1-11(2)21(24)8-16-22(28-16)17-12(3)6-7-13-14(9-26-18(13)23)15(17)10-27-20(22,4)19(21)25-5/h11-12,15-17,19,24H,6-10H2,1-5H3. The number of carbonyl (C=O) groups excluding carboxylic acids is 1. The van der Waals surface area contributed by atoms with Gasteiger partial charge >= 0.3 is 5.97 Å². The van der Waals surface area contributed by atoms with Gasteiger partial charge in [-0.3, -0.25) is 0 Å². The van der Waals surface area contributed by atoms with Crippen LogP contribution in [0, 0.1) is 23.7 Å². The molecular formula is C22H32O6. The minimum absolute atomic E-state index is 0.0273. The largest absolute Gasteiger partial charge is 0.458 e. The number of aliphatic hydroxyl groups is 1. The highest BCUT2D eigenvalue weighted by Crippen LogP contribution is 2.68. The molecule has 0 aromatic heterocycles. The number of esters is 1. The van der Waals surface area contributed by atoms with Gasteiger partial charge in [0.1, 0.15) is 23.9 Å². The molecule has 8 unspecified atom stereocenters. The van der Waals surface area contributed by atoms with E-state index in [1.807, 2.05) is 13.8 Å². The number of methoxy groups -OCH3 is 1. The van der Waals surface area contributed by atoms with Crippen molar-refractivity contribution in [2.24, 2.45) is 23.7 Å². The SMILES string of the molecule is COC1C(O)(C(C)C)CC2OC23C2C(C)CCC4=C(COC4=O)C2COC13C. The van der Waals surface area contributed by atoms with Crippen LogP contribution in [0.4, 0.5) is 0 Å². The van der Waals surface area contributed by atoms with Gasteiger partial charge in [-0.1, -0.05) is 20.8 Å². The van der Waals surface area contributed by atoms with Crippen molar-refractivity contribution in [2.45, 2.75) is 76.0 Å². The molecule has 0 aromatic rings. The Kier molecular flexibility index (Phi) is 3.95. The van der Waals surface area contributed by atoms with E-state index in [2.05, 4.69) is 13.8 Å². The van der Waals surface area contributed by atoms with Crippen LogP contribution in [0.2, 0.25) is 0 Å². The number of rotatable bonds is 2. The third kappa shape index (κ3) is 2.05. The molecule has 156 valence electrons. The summed E-state index contributed by atoms with van der Waals surface area (Å²) < 4.78 is 24.4. The number of ether oxygens (including phenoxy) is 4. The lowest BCUT2D eigenvalue weighted by molar-refractivity contribution is -0.278. The summed E-state index contributed by atoms with van der Waals surface area (Å²) in [6.45, 7) is 9.29. The molecule has 3 fully saturated rings. The summed E-state index contributed by atoms with van der Waals surface area (Å²) in [7, 11) is 1.66. The molecule has 5 rings (SSSR count). The first-order chi connectivity index (χ1) is 13.2. The average Bonchev–Trinajstić information content (AvgIpc) is 3.26. The Hall–Kier alpha value is -0.950. The number of hydrogen-bond acceptors (Lipinski definition) is 6. The molecular weight excluding hydrogens is 360 g/mol. The molecule has 0 amide bonds. The van der Waals surface area contributed by atoms with E-state index in [-0.39, 0.29) is 29.8 Å². The molecule has 6 heteroatoms. The highest BCUT2D eigenvalue weighted by Gasteiger charge is 2.83. The van der Waals surface area contributed by atoms with E-state index in [0.29, 0.717) is 25.6 Å². The molecule has 28 heavy (non-hydrogen) atoms. The van der Waals surface area contributed by atoms with E-state index in [1.165, 1.54) is 0 Å². The lowest BCUT2D eigenvalue weighted by atomic mass is 9.54. The third-order valence-corrected chi connectivity index (χ3v) is 8.63. The topological polar surface area (TPSA) is 77.5 Å². The molecule has 8 atom stereocenters. The number of epoxide rings is 1. The van der Waals surface area contributed by atoms with Crippen LogP contribution in [0.15, 0.2) is 11.1 Å². The normalized spacial score (nSPS) is 52.4. The van der Waals surface area contributed by atoms with E-state index >= 15 is 0 Å². The predicted octanol–water partition coefficient (Wildman–Crippen LogP) is 2.23. The van der Waals surface area contributed by atoms with Crippen molar-refractivity contribution < 1.29 is 28.8 Å². The maximum absolute atomic E-state index is 12.2. The summed E-state index contributed by atoms with van der Waals surface area (Å²) in [6, 6.07) is 0. The minimum Gasteiger partial charge on any atom is -0.458 e. The van der Waals surface area contributed by atoms with E-state index in [1.54, 1.807) is 7.11 Å². The fourth-order valence-electron chi connectivity index (χ4n) is 7.09. The second-order valence-electron chi connectivity index (χ2n) is 10.0. The van der Waals surface area contributed by atoms with Crippen molar-refractivity contribution in [1.29, 1.82) is 0 Å². The smallest absolute Gasteiger partial charge is 0.334 e. The van der Waals surface area contributed by atoms with Crippen LogP contribution in [0.5, 0.6) is 0 Å². The van der Waals surface area contributed by atoms with Gasteiger partial charge in [0, 0.05) is 30.9 Å². The van der Waals surface area contributed by atoms with Gasteiger partial charge in [-0.15, -0.1) is 0 Å². The van der Waals surface area contributed by atoms with Crippen LogP contribution < -0.4 is 0 Å². The van der Waals surface area contributed by atoms with Crippen LogP contribution in [0.3, 0.4) is 0 Å². The second kappa shape index (κ2) is 5.81. The third-order valence-electron chi connectivity index (χ3n) is 8.63. The zero-order valence-corrected chi connectivity index (χ0v) is 17.5. The van der Waals surface area contributed by atoms with Gasteiger partial charge in [0.15, 0.2) is 0 Å². The molecule has 1 saturated carbocycles. The van der Waals surface area contributed by atoms with Gasteiger partial charge in [-0.05, 0) is 37.2 Å². The second-order valence-corrected chi connectivity index (χ2v) is 10.0. The van der Waals surface area contributed by atoms with Crippen LogP contribution >= 0.6 is 0 Å². The minimum atomic E-state index is -0.994. The van der Waals surface area contributed by atoms with Crippen molar-refractivity contribution in [2.75, 3.05) is 20.3 Å². The highest BCUT2D eigenvalue weighted by atomic mass is 16.7. The van der Waals surface area contributed by atoms with Crippen molar-refractivity contribution in [3.8, 4) is 0 Å². The molecule has 3 heterocycles. The average molecular weight is 392 g/mol. The Labute approximate surface area is 166 Å². The summed E-state index contributed by atoms with van der Waals surface area (Å²) >= 11 is 0. The van der Waals surface area contributed by atoms with E-state index in [4.69, 9.17) is 18.9 Å².